The normalized spacial score (nSPS) is 13.9. The Hall–Kier alpha value is 0.690. The summed E-state index contributed by atoms with van der Waals surface area (Å²) in [6, 6.07) is 0.455. The molecule has 0 rings (SSSR count). The van der Waals surface area contributed by atoms with E-state index in [-0.39, 0.29) is 0 Å². The highest BCUT2D eigenvalue weighted by Crippen LogP contribution is 1.99. The van der Waals surface area contributed by atoms with Crippen LogP contribution in [0, 0.1) is 0 Å². The summed E-state index contributed by atoms with van der Waals surface area (Å²) in [7, 11) is 0. The second-order valence-corrected chi connectivity index (χ2v) is 3.11. The van der Waals surface area contributed by atoms with Crippen LogP contribution < -0.4 is 5.73 Å². The summed E-state index contributed by atoms with van der Waals surface area (Å²) in [5.41, 5.74) is 5.69. The van der Waals surface area contributed by atoms with Crippen LogP contribution in [-0.2, 0) is 0 Å². The van der Waals surface area contributed by atoms with Crippen molar-refractivity contribution in [3.05, 3.63) is 0 Å². The van der Waals surface area contributed by atoms with Gasteiger partial charge in [0.05, 0.1) is 0 Å². The molecule has 2 N–H and O–H groups in total. The van der Waals surface area contributed by atoms with Crippen LogP contribution in [0.25, 0.3) is 0 Å². The van der Waals surface area contributed by atoms with E-state index in [1.807, 2.05) is 0 Å². The number of hydrogen-bond donors (Lipinski definition) is 1. The van der Waals surface area contributed by atoms with E-state index >= 15 is 0 Å². The minimum atomic E-state index is 0.455. The van der Waals surface area contributed by atoms with E-state index in [1.165, 1.54) is 23.7 Å². The summed E-state index contributed by atoms with van der Waals surface area (Å²) in [6.45, 7) is 2.17. The Labute approximate surface area is 65.2 Å². The number of nitrogens with two attached hydrogens (primary N) is 1. The van der Waals surface area contributed by atoms with Crippen molar-refractivity contribution in [3.8, 4) is 0 Å². The molecule has 0 spiro atoms. The smallest absolute Gasteiger partial charge is 0.00460 e. The molecule has 2 heteroatoms. The van der Waals surface area contributed by atoms with Crippen molar-refractivity contribution in [2.45, 2.75) is 32.2 Å². The van der Waals surface area contributed by atoms with Crippen molar-refractivity contribution < 1.29 is 0 Å². The Bertz CT molecular complexity index is 41.8. The van der Waals surface area contributed by atoms with Crippen LogP contribution in [0.4, 0.5) is 0 Å². The average Bonchev–Trinajstić information content (AvgIpc) is 1.68. The molecule has 0 radical (unpaired) electrons. The van der Waals surface area contributed by atoms with Gasteiger partial charge in [0.15, 0.2) is 0 Å². The molecule has 0 heterocycles. The molecule has 0 aliphatic carbocycles. The maximum absolute atomic E-state index is 5.69. The summed E-state index contributed by atoms with van der Waals surface area (Å²) in [4.78, 5) is 0. The van der Waals surface area contributed by atoms with Crippen molar-refractivity contribution in [1.82, 2.24) is 0 Å². The van der Waals surface area contributed by atoms with Gasteiger partial charge in [-0.25, -0.2) is 0 Å². The zero-order valence-electron chi connectivity index (χ0n) is 5.36. The molecule has 1 nitrogen and oxygen atoms in total. The molecule has 8 heavy (non-hydrogen) atoms. The maximum atomic E-state index is 5.69. The number of halogens is 1. The van der Waals surface area contributed by atoms with Crippen molar-refractivity contribution in [2.24, 2.45) is 5.73 Å². The van der Waals surface area contributed by atoms with Crippen LogP contribution in [0.15, 0.2) is 0 Å². The fourth-order valence-corrected chi connectivity index (χ4v) is 1.46. The molecule has 0 saturated carbocycles. The molecule has 0 saturated heterocycles. The fraction of sp³-hybridized carbons (Fsp3) is 1.00. The Morgan fingerprint density at radius 1 is 1.50 bits per heavy atom. The molecule has 0 aromatic heterocycles. The lowest BCUT2D eigenvalue weighted by atomic mass is 10.1. The Balaban J connectivity index is 2.92. The van der Waals surface area contributed by atoms with E-state index in [1.54, 1.807) is 0 Å². The summed E-state index contributed by atoms with van der Waals surface area (Å²) >= 11 is 2.36. The first-order valence-corrected chi connectivity index (χ1v) is 4.65. The predicted octanol–water partition coefficient (Wildman–Crippen LogP) is 1.94. The van der Waals surface area contributed by atoms with Gasteiger partial charge in [-0.2, -0.15) is 0 Å². The number of alkyl halides is 1. The van der Waals surface area contributed by atoms with E-state index in [2.05, 4.69) is 29.5 Å². The largest absolute Gasteiger partial charge is 0.328 e. The third kappa shape index (κ3) is 4.84. The topological polar surface area (TPSA) is 26.0 Å². The van der Waals surface area contributed by atoms with Crippen molar-refractivity contribution in [2.75, 3.05) is 4.43 Å². The Kier molecular flexibility index (Phi) is 6.32. The summed E-state index contributed by atoms with van der Waals surface area (Å²) in [5.74, 6) is 0. The first-order valence-electron chi connectivity index (χ1n) is 3.12. The highest BCUT2D eigenvalue weighted by Gasteiger charge is 1.96. The third-order valence-electron chi connectivity index (χ3n) is 1.14. The quantitative estimate of drug-likeness (QED) is 0.576. The summed E-state index contributed by atoms with van der Waals surface area (Å²) < 4.78 is 1.19. The molecular formula is C6H14IN. The monoisotopic (exact) mass is 227 g/mol. The van der Waals surface area contributed by atoms with Crippen molar-refractivity contribution in [3.63, 3.8) is 0 Å². The lowest BCUT2D eigenvalue weighted by molar-refractivity contribution is 0.594. The van der Waals surface area contributed by atoms with Gasteiger partial charge >= 0.3 is 0 Å². The molecular weight excluding hydrogens is 213 g/mol. The van der Waals surface area contributed by atoms with E-state index in [0.29, 0.717) is 6.04 Å². The molecule has 0 aromatic rings. The van der Waals surface area contributed by atoms with Crippen LogP contribution in [0.2, 0.25) is 0 Å². The zero-order chi connectivity index (χ0) is 6.41. The van der Waals surface area contributed by atoms with Gasteiger partial charge < -0.3 is 5.73 Å². The van der Waals surface area contributed by atoms with Gasteiger partial charge in [-0.15, -0.1) is 0 Å². The molecule has 0 aliphatic heterocycles. The lowest BCUT2D eigenvalue weighted by Gasteiger charge is -2.05. The lowest BCUT2D eigenvalue weighted by Crippen LogP contribution is -2.19. The standard InChI is InChI=1S/C6H14IN/c1-2-3-6(8)4-5-7/h6H,2-5,8H2,1H3. The Morgan fingerprint density at radius 3 is 2.50 bits per heavy atom. The van der Waals surface area contributed by atoms with Crippen molar-refractivity contribution >= 4 is 22.6 Å². The minimum Gasteiger partial charge on any atom is -0.328 e. The Morgan fingerprint density at radius 2 is 2.12 bits per heavy atom. The van der Waals surface area contributed by atoms with Gasteiger partial charge in [0.1, 0.15) is 0 Å². The van der Waals surface area contributed by atoms with Gasteiger partial charge in [-0.3, -0.25) is 0 Å². The first-order chi connectivity index (χ1) is 3.81. The summed E-state index contributed by atoms with van der Waals surface area (Å²) in [5, 5.41) is 0. The fourth-order valence-electron chi connectivity index (χ4n) is 0.655. The van der Waals surface area contributed by atoms with Gasteiger partial charge in [0.25, 0.3) is 0 Å². The van der Waals surface area contributed by atoms with Gasteiger partial charge in [0.2, 0.25) is 0 Å². The van der Waals surface area contributed by atoms with E-state index in [4.69, 9.17) is 5.73 Å². The molecule has 50 valence electrons. The van der Waals surface area contributed by atoms with Crippen LogP contribution in [0.5, 0.6) is 0 Å². The van der Waals surface area contributed by atoms with Gasteiger partial charge in [-0.1, -0.05) is 35.9 Å². The predicted molar refractivity (Wildman–Crippen MR) is 46.4 cm³/mol. The molecule has 0 aromatic carbocycles. The van der Waals surface area contributed by atoms with Crippen LogP contribution in [-0.4, -0.2) is 10.5 Å². The minimum absolute atomic E-state index is 0.455. The third-order valence-corrected chi connectivity index (χ3v) is 1.76. The second kappa shape index (κ2) is 5.82. The van der Waals surface area contributed by atoms with Crippen LogP contribution in [0.1, 0.15) is 26.2 Å². The van der Waals surface area contributed by atoms with E-state index < -0.39 is 0 Å². The molecule has 0 amide bonds. The highest BCUT2D eigenvalue weighted by atomic mass is 127. The SMILES string of the molecule is CCCC(N)CCI. The van der Waals surface area contributed by atoms with Crippen molar-refractivity contribution in [1.29, 1.82) is 0 Å². The second-order valence-electron chi connectivity index (χ2n) is 2.03. The molecule has 0 bridgehead atoms. The highest BCUT2D eigenvalue weighted by molar-refractivity contribution is 14.1. The van der Waals surface area contributed by atoms with E-state index in [0.717, 1.165) is 0 Å². The van der Waals surface area contributed by atoms with E-state index in [9.17, 15) is 0 Å². The zero-order valence-corrected chi connectivity index (χ0v) is 7.52. The number of rotatable bonds is 4. The first kappa shape index (κ1) is 8.69. The number of hydrogen-bond acceptors (Lipinski definition) is 1. The maximum Gasteiger partial charge on any atom is 0.00460 e. The molecule has 1 unspecified atom stereocenters. The summed E-state index contributed by atoms with van der Waals surface area (Å²) in [6.07, 6.45) is 3.58. The molecule has 1 atom stereocenters. The van der Waals surface area contributed by atoms with Gasteiger partial charge in [0, 0.05) is 10.5 Å². The molecule has 0 fully saturated rings. The average molecular weight is 227 g/mol. The van der Waals surface area contributed by atoms with Crippen LogP contribution in [0.3, 0.4) is 0 Å². The molecule has 0 aliphatic rings. The van der Waals surface area contributed by atoms with Gasteiger partial charge in [-0.05, 0) is 12.8 Å². The van der Waals surface area contributed by atoms with Crippen LogP contribution >= 0.6 is 22.6 Å².